The topological polar surface area (TPSA) is 66.0 Å². The number of para-hydroxylation sites is 1. The van der Waals surface area contributed by atoms with Crippen molar-refractivity contribution < 1.29 is 4.74 Å². The van der Waals surface area contributed by atoms with Crippen molar-refractivity contribution in [3.63, 3.8) is 0 Å². The molecule has 4 rings (SSSR count). The zero-order valence-electron chi connectivity index (χ0n) is 11.8. The molecule has 0 radical (unpaired) electrons. The average molecular weight is 282 g/mol. The lowest BCUT2D eigenvalue weighted by Crippen LogP contribution is -2.21. The number of benzene rings is 1. The second kappa shape index (κ2) is 5.00. The Hall–Kier alpha value is -2.14. The van der Waals surface area contributed by atoms with E-state index in [0.29, 0.717) is 11.9 Å². The van der Waals surface area contributed by atoms with Gasteiger partial charge in [-0.1, -0.05) is 18.2 Å². The fourth-order valence-electron chi connectivity index (χ4n) is 3.15. The van der Waals surface area contributed by atoms with E-state index in [1.165, 1.54) is 0 Å². The van der Waals surface area contributed by atoms with Crippen LogP contribution >= 0.6 is 0 Å². The summed E-state index contributed by atoms with van der Waals surface area (Å²) in [6.45, 7) is 2.60. The van der Waals surface area contributed by atoms with Crippen molar-refractivity contribution in [2.24, 2.45) is 5.92 Å². The van der Waals surface area contributed by atoms with Crippen LogP contribution in [0.1, 0.15) is 12.8 Å². The molecule has 3 heterocycles. The number of fused-ring (bicyclic) bond motifs is 3. The lowest BCUT2D eigenvalue weighted by Gasteiger charge is -2.23. The molecule has 5 nitrogen and oxygen atoms in total. The molecule has 0 aliphatic carbocycles. The number of nitrogens with zero attached hydrogens (tertiary/aromatic N) is 3. The van der Waals surface area contributed by atoms with Gasteiger partial charge >= 0.3 is 0 Å². The molecular weight excluding hydrogens is 264 g/mol. The quantitative estimate of drug-likeness (QED) is 0.784. The molecule has 1 aliphatic heterocycles. The number of nitrogens with two attached hydrogens (primary N) is 1. The fraction of sp³-hybridized carbons (Fsp3) is 0.375. The van der Waals surface area contributed by atoms with E-state index in [2.05, 4.69) is 20.6 Å². The number of nitrogen functional groups attached to an aromatic ring is 1. The van der Waals surface area contributed by atoms with E-state index >= 15 is 0 Å². The number of anilines is 1. The van der Waals surface area contributed by atoms with Gasteiger partial charge in [0.25, 0.3) is 0 Å². The second-order valence-electron chi connectivity index (χ2n) is 5.65. The minimum Gasteiger partial charge on any atom is -0.381 e. The number of aromatic nitrogens is 3. The summed E-state index contributed by atoms with van der Waals surface area (Å²) in [4.78, 5) is 8.93. The highest BCUT2D eigenvalue weighted by Gasteiger charge is 2.18. The highest BCUT2D eigenvalue weighted by molar-refractivity contribution is 6.02. The van der Waals surface area contributed by atoms with E-state index in [1.54, 1.807) is 0 Å². The van der Waals surface area contributed by atoms with Gasteiger partial charge in [-0.05, 0) is 24.8 Å². The van der Waals surface area contributed by atoms with Crippen molar-refractivity contribution in [2.75, 3.05) is 18.9 Å². The average Bonchev–Trinajstić information content (AvgIpc) is 2.85. The van der Waals surface area contributed by atoms with Crippen molar-refractivity contribution in [1.82, 2.24) is 14.5 Å². The number of ether oxygens (including phenoxy) is 1. The van der Waals surface area contributed by atoms with Crippen molar-refractivity contribution >= 4 is 27.9 Å². The summed E-state index contributed by atoms with van der Waals surface area (Å²) in [5.41, 5.74) is 9.11. The number of hydrogen-bond acceptors (Lipinski definition) is 4. The maximum absolute atomic E-state index is 6.15. The zero-order chi connectivity index (χ0) is 14.2. The molecule has 0 bridgehead atoms. The molecule has 2 aromatic heterocycles. The molecule has 1 saturated heterocycles. The van der Waals surface area contributed by atoms with Crippen molar-refractivity contribution in [2.45, 2.75) is 19.4 Å². The fourth-order valence-corrected chi connectivity index (χ4v) is 3.15. The van der Waals surface area contributed by atoms with E-state index < -0.39 is 0 Å². The third-order valence-corrected chi connectivity index (χ3v) is 4.29. The van der Waals surface area contributed by atoms with Gasteiger partial charge in [0, 0.05) is 25.1 Å². The number of rotatable bonds is 2. The highest BCUT2D eigenvalue weighted by Crippen LogP contribution is 2.28. The third kappa shape index (κ3) is 2.14. The van der Waals surface area contributed by atoms with Gasteiger partial charge in [-0.2, -0.15) is 0 Å². The second-order valence-corrected chi connectivity index (χ2v) is 5.65. The van der Waals surface area contributed by atoms with Crippen molar-refractivity contribution in [3.05, 3.63) is 30.5 Å². The molecule has 1 aromatic carbocycles. The summed E-state index contributed by atoms with van der Waals surface area (Å²) in [6.07, 6.45) is 3.98. The van der Waals surface area contributed by atoms with Gasteiger partial charge in [0.1, 0.15) is 5.52 Å². The van der Waals surface area contributed by atoms with Gasteiger partial charge < -0.3 is 15.0 Å². The predicted octanol–water partition coefficient (Wildman–Crippen LogP) is 2.59. The molecular formula is C16H18N4O. The Balaban J connectivity index is 1.86. The largest absolute Gasteiger partial charge is 0.381 e. The van der Waals surface area contributed by atoms with Gasteiger partial charge in [-0.3, -0.25) is 4.98 Å². The monoisotopic (exact) mass is 282 g/mol. The standard InChI is InChI=1S/C16H18N4O/c17-16-19-14-9-18-13-4-2-1-3-12(13)15(14)20(16)10-11-5-7-21-8-6-11/h1-4,9,11H,5-8,10H2,(H2,17,19). The summed E-state index contributed by atoms with van der Waals surface area (Å²) < 4.78 is 7.59. The highest BCUT2D eigenvalue weighted by atomic mass is 16.5. The molecule has 0 saturated carbocycles. The summed E-state index contributed by atoms with van der Waals surface area (Å²) in [5, 5.41) is 1.12. The van der Waals surface area contributed by atoms with Crippen LogP contribution in [-0.2, 0) is 11.3 Å². The first kappa shape index (κ1) is 12.6. The van der Waals surface area contributed by atoms with Gasteiger partial charge in [-0.15, -0.1) is 0 Å². The van der Waals surface area contributed by atoms with Crippen LogP contribution in [0.4, 0.5) is 5.95 Å². The first-order valence-corrected chi connectivity index (χ1v) is 7.40. The molecule has 3 aromatic rings. The van der Waals surface area contributed by atoms with Gasteiger partial charge in [0.2, 0.25) is 5.95 Å². The smallest absolute Gasteiger partial charge is 0.201 e. The first-order valence-electron chi connectivity index (χ1n) is 7.40. The Morgan fingerprint density at radius 3 is 2.86 bits per heavy atom. The minimum atomic E-state index is 0.578. The van der Waals surface area contributed by atoms with E-state index in [0.717, 1.165) is 54.5 Å². The van der Waals surface area contributed by atoms with Crippen molar-refractivity contribution in [3.8, 4) is 0 Å². The van der Waals surface area contributed by atoms with Crippen LogP contribution in [0.2, 0.25) is 0 Å². The van der Waals surface area contributed by atoms with Gasteiger partial charge in [0.15, 0.2) is 0 Å². The molecule has 0 unspecified atom stereocenters. The lowest BCUT2D eigenvalue weighted by atomic mass is 10.0. The Bertz CT molecular complexity index is 789. The van der Waals surface area contributed by atoms with E-state index in [-0.39, 0.29) is 0 Å². The number of hydrogen-bond donors (Lipinski definition) is 1. The van der Waals surface area contributed by atoms with E-state index in [1.807, 2.05) is 24.4 Å². The molecule has 108 valence electrons. The summed E-state index contributed by atoms with van der Waals surface area (Å²) in [5.74, 6) is 1.18. The summed E-state index contributed by atoms with van der Waals surface area (Å²) in [7, 11) is 0. The molecule has 0 amide bonds. The van der Waals surface area contributed by atoms with Crippen LogP contribution in [0, 0.1) is 5.92 Å². The number of pyridine rings is 1. The van der Waals surface area contributed by atoms with Crippen LogP contribution < -0.4 is 5.73 Å². The van der Waals surface area contributed by atoms with Crippen LogP contribution in [0.5, 0.6) is 0 Å². The van der Waals surface area contributed by atoms with E-state index in [9.17, 15) is 0 Å². The SMILES string of the molecule is Nc1nc2cnc3ccccc3c2n1CC1CCOCC1. The Kier molecular flexibility index (Phi) is 3.00. The predicted molar refractivity (Wildman–Crippen MR) is 83.0 cm³/mol. The molecule has 1 fully saturated rings. The maximum atomic E-state index is 6.15. The Labute approximate surface area is 122 Å². The molecule has 0 atom stereocenters. The third-order valence-electron chi connectivity index (χ3n) is 4.29. The van der Waals surface area contributed by atoms with E-state index in [4.69, 9.17) is 10.5 Å². The zero-order valence-corrected chi connectivity index (χ0v) is 11.8. The normalized spacial score (nSPS) is 16.8. The summed E-state index contributed by atoms with van der Waals surface area (Å²) in [6, 6.07) is 8.15. The molecule has 5 heteroatoms. The van der Waals surface area contributed by atoms with Crippen LogP contribution in [0.15, 0.2) is 30.5 Å². The molecule has 21 heavy (non-hydrogen) atoms. The summed E-state index contributed by atoms with van der Waals surface area (Å²) >= 11 is 0. The van der Waals surface area contributed by atoms with Crippen LogP contribution in [0.3, 0.4) is 0 Å². The first-order chi connectivity index (χ1) is 10.3. The molecule has 0 spiro atoms. The molecule has 2 N–H and O–H groups in total. The molecule has 1 aliphatic rings. The minimum absolute atomic E-state index is 0.578. The maximum Gasteiger partial charge on any atom is 0.201 e. The van der Waals surface area contributed by atoms with Crippen molar-refractivity contribution in [1.29, 1.82) is 0 Å². The number of imidazole rings is 1. The van der Waals surface area contributed by atoms with Gasteiger partial charge in [0.05, 0.1) is 17.2 Å². The van der Waals surface area contributed by atoms with Crippen LogP contribution in [0.25, 0.3) is 21.9 Å². The lowest BCUT2D eigenvalue weighted by molar-refractivity contribution is 0.0618. The Morgan fingerprint density at radius 1 is 1.19 bits per heavy atom. The Morgan fingerprint density at radius 2 is 2.00 bits per heavy atom. The van der Waals surface area contributed by atoms with Gasteiger partial charge in [-0.25, -0.2) is 4.98 Å². The van der Waals surface area contributed by atoms with Crippen LogP contribution in [-0.4, -0.2) is 27.7 Å².